The second kappa shape index (κ2) is 6.53. The van der Waals surface area contributed by atoms with Gasteiger partial charge in [-0.05, 0) is 38.5 Å². The average molecular weight is 286 g/mol. The Balaban J connectivity index is 3.22. The number of aromatic hydroxyl groups is 1. The lowest BCUT2D eigenvalue weighted by Gasteiger charge is -2.20. The summed E-state index contributed by atoms with van der Waals surface area (Å²) in [7, 11) is 0. The van der Waals surface area contributed by atoms with Crippen LogP contribution in [0.4, 0.5) is 5.69 Å². The minimum Gasteiger partial charge on any atom is -0.507 e. The van der Waals surface area contributed by atoms with E-state index in [1.807, 2.05) is 13.8 Å². The summed E-state index contributed by atoms with van der Waals surface area (Å²) in [4.78, 5) is 13.8. The zero-order valence-electron chi connectivity index (χ0n) is 11.1. The molecule has 0 aliphatic carbocycles. The monoisotopic (exact) mass is 286 g/mol. The first-order valence-corrected chi connectivity index (χ1v) is 7.01. The van der Waals surface area contributed by atoms with Gasteiger partial charge in [0.2, 0.25) is 0 Å². The highest BCUT2D eigenvalue weighted by Gasteiger charge is 2.19. The van der Waals surface area contributed by atoms with E-state index in [0.717, 1.165) is 0 Å². The Morgan fingerprint density at radius 3 is 2.42 bits per heavy atom. The van der Waals surface area contributed by atoms with Gasteiger partial charge in [0.15, 0.2) is 0 Å². The van der Waals surface area contributed by atoms with E-state index in [1.165, 1.54) is 12.1 Å². The molecule has 0 aromatic heterocycles. The Labute approximate surface area is 114 Å². The number of nitrogens with one attached hydrogen (secondary N) is 1. The molecule has 0 spiro atoms. The fraction of sp³-hybridized carbons (Fsp3) is 0.417. The maximum Gasteiger partial charge on any atom is 0.259 e. The lowest BCUT2D eigenvalue weighted by molar-refractivity contribution is 0.0770. The molecule has 1 unspecified atom stereocenters. The molecule has 0 aliphatic rings. The molecule has 1 atom stereocenters. The lowest BCUT2D eigenvalue weighted by atomic mass is 10.1. The van der Waals surface area contributed by atoms with Gasteiger partial charge >= 0.3 is 0 Å². The first-order valence-electron chi connectivity index (χ1n) is 5.91. The van der Waals surface area contributed by atoms with E-state index in [9.17, 15) is 14.1 Å². The quantitative estimate of drug-likeness (QED) is 0.568. The standard InChI is InChI=1S/C12H18N2O4S/c1-4-14(5-2)12(16)10-7-9(13-19(17)18)6-8(3)11(10)15/h6-7,13,15H,4-5H2,1-3H3,(H,17,18). The van der Waals surface area contributed by atoms with Crippen LogP contribution in [0.3, 0.4) is 0 Å². The molecule has 19 heavy (non-hydrogen) atoms. The van der Waals surface area contributed by atoms with Crippen LogP contribution in [0.15, 0.2) is 12.1 Å². The summed E-state index contributed by atoms with van der Waals surface area (Å²) in [6.45, 7) is 6.36. The highest BCUT2D eigenvalue weighted by Crippen LogP contribution is 2.27. The third kappa shape index (κ3) is 3.68. The molecule has 0 bridgehead atoms. The summed E-state index contributed by atoms with van der Waals surface area (Å²) in [6.07, 6.45) is 0. The van der Waals surface area contributed by atoms with Gasteiger partial charge < -0.3 is 10.0 Å². The molecule has 0 saturated carbocycles. The summed E-state index contributed by atoms with van der Waals surface area (Å²) in [6, 6.07) is 2.87. The maximum absolute atomic E-state index is 12.2. The molecule has 1 aromatic rings. The Bertz CT molecular complexity index is 501. The van der Waals surface area contributed by atoms with Gasteiger partial charge in [-0.3, -0.25) is 14.1 Å². The van der Waals surface area contributed by atoms with Crippen molar-refractivity contribution in [3.05, 3.63) is 23.3 Å². The summed E-state index contributed by atoms with van der Waals surface area (Å²) in [5, 5.41) is 9.95. The topological polar surface area (TPSA) is 89.9 Å². The smallest absolute Gasteiger partial charge is 0.259 e. The number of carbonyl (C=O) groups excluding carboxylic acids is 1. The molecule has 1 aromatic carbocycles. The molecule has 0 radical (unpaired) electrons. The van der Waals surface area contributed by atoms with Gasteiger partial charge in [0, 0.05) is 18.8 Å². The van der Waals surface area contributed by atoms with Crippen LogP contribution in [0.25, 0.3) is 0 Å². The van der Waals surface area contributed by atoms with Crippen molar-refractivity contribution in [2.75, 3.05) is 17.8 Å². The minimum absolute atomic E-state index is 0.105. The summed E-state index contributed by atoms with van der Waals surface area (Å²) in [5.41, 5.74) is 0.897. The molecule has 3 N–H and O–H groups in total. The number of phenolic OH excluding ortho intramolecular Hbond substituents is 1. The number of rotatable bonds is 5. The van der Waals surface area contributed by atoms with Gasteiger partial charge in [-0.1, -0.05) is 0 Å². The Morgan fingerprint density at radius 2 is 1.95 bits per heavy atom. The molecule has 0 aliphatic heterocycles. The first-order chi connectivity index (χ1) is 8.90. The van der Waals surface area contributed by atoms with Crippen molar-refractivity contribution in [1.82, 2.24) is 4.90 Å². The van der Waals surface area contributed by atoms with E-state index < -0.39 is 11.3 Å². The minimum atomic E-state index is -2.22. The van der Waals surface area contributed by atoms with E-state index in [-0.39, 0.29) is 17.2 Å². The van der Waals surface area contributed by atoms with Crippen molar-refractivity contribution < 1.29 is 18.7 Å². The van der Waals surface area contributed by atoms with Crippen LogP contribution in [-0.4, -0.2) is 37.8 Å². The van der Waals surface area contributed by atoms with Crippen LogP contribution in [0.2, 0.25) is 0 Å². The average Bonchev–Trinajstić information content (AvgIpc) is 2.34. The van der Waals surface area contributed by atoms with Crippen LogP contribution in [0.5, 0.6) is 5.75 Å². The van der Waals surface area contributed by atoms with Crippen molar-refractivity contribution in [3.63, 3.8) is 0 Å². The fourth-order valence-corrected chi connectivity index (χ4v) is 2.10. The van der Waals surface area contributed by atoms with Gasteiger partial charge in [-0.25, -0.2) is 4.21 Å². The fourth-order valence-electron chi connectivity index (χ4n) is 1.78. The molecule has 0 fully saturated rings. The normalized spacial score (nSPS) is 12.0. The molecule has 0 saturated heterocycles. The van der Waals surface area contributed by atoms with E-state index in [4.69, 9.17) is 4.55 Å². The highest BCUT2D eigenvalue weighted by molar-refractivity contribution is 7.80. The van der Waals surface area contributed by atoms with E-state index in [2.05, 4.69) is 4.72 Å². The van der Waals surface area contributed by atoms with E-state index >= 15 is 0 Å². The third-order valence-electron chi connectivity index (χ3n) is 2.79. The number of anilines is 1. The first kappa shape index (κ1) is 15.5. The van der Waals surface area contributed by atoms with Crippen LogP contribution in [0.1, 0.15) is 29.8 Å². The van der Waals surface area contributed by atoms with Crippen LogP contribution >= 0.6 is 0 Å². The summed E-state index contributed by atoms with van der Waals surface area (Å²) >= 11 is -2.22. The van der Waals surface area contributed by atoms with Crippen molar-refractivity contribution in [1.29, 1.82) is 0 Å². The number of nitrogens with zero attached hydrogens (tertiary/aromatic N) is 1. The van der Waals surface area contributed by atoms with Crippen molar-refractivity contribution in [2.45, 2.75) is 20.8 Å². The van der Waals surface area contributed by atoms with Gasteiger partial charge in [0.25, 0.3) is 17.2 Å². The van der Waals surface area contributed by atoms with Crippen LogP contribution in [0, 0.1) is 6.92 Å². The number of carbonyl (C=O) groups is 1. The highest BCUT2D eigenvalue weighted by atomic mass is 32.2. The number of hydrogen-bond acceptors (Lipinski definition) is 3. The van der Waals surface area contributed by atoms with Crippen molar-refractivity contribution >= 4 is 22.9 Å². The number of phenols is 1. The van der Waals surface area contributed by atoms with E-state index in [0.29, 0.717) is 24.3 Å². The largest absolute Gasteiger partial charge is 0.507 e. The molecular formula is C12H18N2O4S. The molecule has 1 amide bonds. The van der Waals surface area contributed by atoms with Gasteiger partial charge in [0.1, 0.15) is 5.75 Å². The molecule has 6 nitrogen and oxygen atoms in total. The zero-order valence-corrected chi connectivity index (χ0v) is 12.0. The van der Waals surface area contributed by atoms with Gasteiger partial charge in [-0.2, -0.15) is 0 Å². The predicted octanol–water partition coefficient (Wildman–Crippen LogP) is 1.73. The number of hydrogen-bond donors (Lipinski definition) is 3. The van der Waals surface area contributed by atoms with Gasteiger partial charge in [-0.15, -0.1) is 0 Å². The van der Waals surface area contributed by atoms with Crippen LogP contribution < -0.4 is 4.72 Å². The Hall–Kier alpha value is -1.60. The lowest BCUT2D eigenvalue weighted by Crippen LogP contribution is -2.30. The second-order valence-corrected chi connectivity index (χ2v) is 4.72. The Morgan fingerprint density at radius 1 is 1.37 bits per heavy atom. The molecule has 1 rings (SSSR count). The number of aryl methyl sites for hydroxylation is 1. The molecule has 7 heteroatoms. The third-order valence-corrected chi connectivity index (χ3v) is 3.20. The zero-order chi connectivity index (χ0) is 14.6. The summed E-state index contributed by atoms with van der Waals surface area (Å²) < 4.78 is 21.8. The van der Waals surface area contributed by atoms with E-state index in [1.54, 1.807) is 11.8 Å². The van der Waals surface area contributed by atoms with Crippen molar-refractivity contribution in [3.8, 4) is 5.75 Å². The van der Waals surface area contributed by atoms with Gasteiger partial charge in [0.05, 0.1) is 5.56 Å². The van der Waals surface area contributed by atoms with Crippen LogP contribution in [-0.2, 0) is 11.3 Å². The summed E-state index contributed by atoms with van der Waals surface area (Å²) in [5.74, 6) is -0.413. The second-order valence-electron chi connectivity index (χ2n) is 4.02. The SMILES string of the molecule is CCN(CC)C(=O)c1cc(NS(=O)O)cc(C)c1O. The predicted molar refractivity (Wildman–Crippen MR) is 74.5 cm³/mol. The number of amides is 1. The van der Waals surface area contributed by atoms with Crippen molar-refractivity contribution in [2.24, 2.45) is 0 Å². The number of benzene rings is 1. The molecule has 0 heterocycles. The molecular weight excluding hydrogens is 268 g/mol. The maximum atomic E-state index is 12.2. The molecule has 106 valence electrons. The Kier molecular flexibility index (Phi) is 5.31.